The van der Waals surface area contributed by atoms with Crippen molar-refractivity contribution in [2.24, 2.45) is 5.92 Å². The van der Waals surface area contributed by atoms with E-state index in [4.69, 9.17) is 0 Å². The van der Waals surface area contributed by atoms with Gasteiger partial charge in [-0.15, -0.1) is 11.3 Å². The van der Waals surface area contributed by atoms with E-state index in [1.165, 1.54) is 15.6 Å². The van der Waals surface area contributed by atoms with Crippen molar-refractivity contribution in [2.75, 3.05) is 19.6 Å². The van der Waals surface area contributed by atoms with E-state index in [2.05, 4.69) is 12.2 Å². The summed E-state index contributed by atoms with van der Waals surface area (Å²) in [5.74, 6) is -0.243. The topological polar surface area (TPSA) is 66.5 Å². The Morgan fingerprint density at radius 3 is 2.95 bits per heavy atom. The van der Waals surface area contributed by atoms with Crippen LogP contribution in [-0.4, -0.2) is 38.3 Å². The maximum absolute atomic E-state index is 12.5. The first-order valence-corrected chi connectivity index (χ1v) is 10.2. The molecular formula is C15H24N2O3S2. The Bertz CT molecular complexity index is 570. The minimum atomic E-state index is -3.44. The van der Waals surface area contributed by atoms with Crippen LogP contribution in [0.1, 0.15) is 39.0 Å². The van der Waals surface area contributed by atoms with Gasteiger partial charge in [-0.05, 0) is 30.7 Å². The molecule has 7 heteroatoms. The second-order valence-electron chi connectivity index (χ2n) is 5.63. The van der Waals surface area contributed by atoms with Gasteiger partial charge in [0.1, 0.15) is 4.21 Å². The summed E-state index contributed by atoms with van der Waals surface area (Å²) in [7, 11) is -3.44. The molecule has 0 spiro atoms. The van der Waals surface area contributed by atoms with Crippen LogP contribution in [0.5, 0.6) is 0 Å². The number of nitrogens with zero attached hydrogens (tertiary/aromatic N) is 1. The SMILES string of the molecule is CCCCCNC(=O)[C@H]1CCCN(S(=O)(=O)c2cccs2)C1. The summed E-state index contributed by atoms with van der Waals surface area (Å²) in [5, 5.41) is 4.69. The highest BCUT2D eigenvalue weighted by Gasteiger charge is 2.33. The number of carbonyl (C=O) groups is 1. The maximum Gasteiger partial charge on any atom is 0.252 e. The Morgan fingerprint density at radius 1 is 1.45 bits per heavy atom. The molecule has 0 aliphatic carbocycles. The molecule has 0 bridgehead atoms. The minimum Gasteiger partial charge on any atom is -0.356 e. The third-order valence-electron chi connectivity index (χ3n) is 3.92. The van der Waals surface area contributed by atoms with Gasteiger partial charge in [0.2, 0.25) is 5.91 Å². The number of carbonyl (C=O) groups excluding carboxylic acids is 1. The molecule has 22 heavy (non-hydrogen) atoms. The minimum absolute atomic E-state index is 0.0119. The number of piperidine rings is 1. The molecule has 0 radical (unpaired) electrons. The Kier molecular flexibility index (Phi) is 6.40. The third-order valence-corrected chi connectivity index (χ3v) is 7.16. The van der Waals surface area contributed by atoms with Crippen LogP contribution in [-0.2, 0) is 14.8 Å². The number of nitrogens with one attached hydrogen (secondary N) is 1. The molecular weight excluding hydrogens is 320 g/mol. The van der Waals surface area contributed by atoms with Crippen molar-refractivity contribution >= 4 is 27.3 Å². The van der Waals surface area contributed by atoms with Crippen molar-refractivity contribution in [3.63, 3.8) is 0 Å². The van der Waals surface area contributed by atoms with Gasteiger partial charge in [-0.2, -0.15) is 4.31 Å². The van der Waals surface area contributed by atoms with Gasteiger partial charge < -0.3 is 5.32 Å². The number of sulfonamides is 1. The van der Waals surface area contributed by atoms with Gasteiger partial charge in [0.25, 0.3) is 10.0 Å². The first-order chi connectivity index (χ1) is 10.6. The second kappa shape index (κ2) is 8.08. The number of thiophene rings is 1. The number of rotatable bonds is 7. The predicted octanol–water partition coefficient (Wildman–Crippen LogP) is 2.46. The van der Waals surface area contributed by atoms with E-state index in [-0.39, 0.29) is 11.8 Å². The zero-order chi connectivity index (χ0) is 16.0. The Morgan fingerprint density at radius 2 is 2.27 bits per heavy atom. The molecule has 2 rings (SSSR count). The Hall–Kier alpha value is -0.920. The summed E-state index contributed by atoms with van der Waals surface area (Å²) in [5.41, 5.74) is 0. The van der Waals surface area contributed by atoms with Crippen LogP contribution < -0.4 is 5.32 Å². The van der Waals surface area contributed by atoms with Crippen LogP contribution in [0.4, 0.5) is 0 Å². The molecule has 1 aliphatic heterocycles. The zero-order valence-corrected chi connectivity index (χ0v) is 14.6. The van der Waals surface area contributed by atoms with E-state index in [9.17, 15) is 13.2 Å². The largest absolute Gasteiger partial charge is 0.356 e. The molecule has 1 N–H and O–H groups in total. The molecule has 0 unspecified atom stereocenters. The van der Waals surface area contributed by atoms with Crippen molar-refractivity contribution in [1.82, 2.24) is 9.62 Å². The molecule has 1 atom stereocenters. The summed E-state index contributed by atoms with van der Waals surface area (Å²) < 4.78 is 26.9. The lowest BCUT2D eigenvalue weighted by Crippen LogP contribution is -2.45. The van der Waals surface area contributed by atoms with E-state index < -0.39 is 10.0 Å². The predicted molar refractivity (Wildman–Crippen MR) is 88.3 cm³/mol. The van der Waals surface area contributed by atoms with Crippen LogP contribution in [0, 0.1) is 5.92 Å². The van der Waals surface area contributed by atoms with Gasteiger partial charge in [0.15, 0.2) is 0 Å². The summed E-state index contributed by atoms with van der Waals surface area (Å²) in [4.78, 5) is 12.2. The van der Waals surface area contributed by atoms with Crippen LogP contribution >= 0.6 is 11.3 Å². The molecule has 1 saturated heterocycles. The molecule has 1 aliphatic rings. The van der Waals surface area contributed by atoms with E-state index in [0.717, 1.165) is 32.1 Å². The molecule has 0 aromatic carbocycles. The Balaban J connectivity index is 1.93. The van der Waals surface area contributed by atoms with Crippen molar-refractivity contribution in [2.45, 2.75) is 43.2 Å². The molecule has 1 fully saturated rings. The van der Waals surface area contributed by atoms with Gasteiger partial charge in [-0.1, -0.05) is 25.8 Å². The molecule has 1 aromatic rings. The maximum atomic E-state index is 12.5. The first kappa shape index (κ1) is 17.4. The normalized spacial score (nSPS) is 20.0. The molecule has 0 saturated carbocycles. The van der Waals surface area contributed by atoms with Gasteiger partial charge >= 0.3 is 0 Å². The molecule has 2 heterocycles. The fourth-order valence-electron chi connectivity index (χ4n) is 2.64. The van der Waals surface area contributed by atoms with E-state index >= 15 is 0 Å². The van der Waals surface area contributed by atoms with Crippen molar-refractivity contribution in [1.29, 1.82) is 0 Å². The van der Waals surface area contributed by atoms with E-state index in [0.29, 0.717) is 23.8 Å². The average Bonchev–Trinajstić information content (AvgIpc) is 3.06. The Labute approximate surface area is 136 Å². The lowest BCUT2D eigenvalue weighted by atomic mass is 9.99. The van der Waals surface area contributed by atoms with Crippen molar-refractivity contribution in [3.8, 4) is 0 Å². The highest BCUT2D eigenvalue weighted by Crippen LogP contribution is 2.26. The van der Waals surface area contributed by atoms with Gasteiger partial charge in [-0.25, -0.2) is 8.42 Å². The molecule has 124 valence electrons. The van der Waals surface area contributed by atoms with E-state index in [1.807, 2.05) is 0 Å². The van der Waals surface area contributed by atoms with Crippen LogP contribution in [0.15, 0.2) is 21.7 Å². The monoisotopic (exact) mass is 344 g/mol. The fourth-order valence-corrected chi connectivity index (χ4v) is 5.31. The first-order valence-electron chi connectivity index (χ1n) is 7.87. The van der Waals surface area contributed by atoms with Gasteiger partial charge in [-0.3, -0.25) is 4.79 Å². The standard InChI is InChI=1S/C15H24N2O3S2/c1-2-3-4-9-16-15(18)13-7-5-10-17(12-13)22(19,20)14-8-6-11-21-14/h6,8,11,13H,2-5,7,9-10,12H2,1H3,(H,16,18)/t13-/m0/s1. The molecule has 1 aromatic heterocycles. The zero-order valence-electron chi connectivity index (χ0n) is 13.0. The summed E-state index contributed by atoms with van der Waals surface area (Å²) in [6, 6.07) is 3.36. The highest BCUT2D eigenvalue weighted by atomic mass is 32.2. The summed E-state index contributed by atoms with van der Waals surface area (Å²) in [6.45, 7) is 3.59. The quantitative estimate of drug-likeness (QED) is 0.773. The molecule has 5 nitrogen and oxygen atoms in total. The number of unbranched alkanes of at least 4 members (excludes halogenated alkanes) is 2. The fraction of sp³-hybridized carbons (Fsp3) is 0.667. The van der Waals surface area contributed by atoms with Crippen LogP contribution in [0.3, 0.4) is 0 Å². The lowest BCUT2D eigenvalue weighted by molar-refractivity contribution is -0.126. The van der Waals surface area contributed by atoms with Gasteiger partial charge in [0.05, 0.1) is 5.92 Å². The summed E-state index contributed by atoms with van der Waals surface area (Å²) >= 11 is 1.22. The smallest absolute Gasteiger partial charge is 0.252 e. The van der Waals surface area contributed by atoms with Crippen molar-refractivity contribution < 1.29 is 13.2 Å². The highest BCUT2D eigenvalue weighted by molar-refractivity contribution is 7.91. The summed E-state index contributed by atoms with van der Waals surface area (Å²) in [6.07, 6.45) is 4.69. The van der Waals surface area contributed by atoms with Crippen molar-refractivity contribution in [3.05, 3.63) is 17.5 Å². The van der Waals surface area contributed by atoms with E-state index in [1.54, 1.807) is 17.5 Å². The number of hydrogen-bond acceptors (Lipinski definition) is 4. The number of amides is 1. The molecule has 1 amide bonds. The van der Waals surface area contributed by atoms with Crippen LogP contribution in [0.25, 0.3) is 0 Å². The average molecular weight is 345 g/mol. The lowest BCUT2D eigenvalue weighted by Gasteiger charge is -2.30. The van der Waals surface area contributed by atoms with Gasteiger partial charge in [0, 0.05) is 19.6 Å². The van der Waals surface area contributed by atoms with Crippen LogP contribution in [0.2, 0.25) is 0 Å². The number of hydrogen-bond donors (Lipinski definition) is 1. The third kappa shape index (κ3) is 4.30. The second-order valence-corrected chi connectivity index (χ2v) is 8.74.